The highest BCUT2D eigenvalue weighted by Crippen LogP contribution is 2.28. The number of nitrogens with two attached hydrogens (primary N) is 2. The highest BCUT2D eigenvalue weighted by atomic mass is 16.5. The van der Waals surface area contributed by atoms with Gasteiger partial charge >= 0.3 is 5.97 Å². The number of methoxy groups -OCH3 is 1. The number of aliphatic carboxylic acids is 1. The number of anilines is 1. The van der Waals surface area contributed by atoms with Crippen LogP contribution in [0.4, 0.5) is 5.69 Å². The zero-order valence-corrected chi connectivity index (χ0v) is 21.0. The number of fused-ring (bicyclic) bond motifs is 1. The summed E-state index contributed by atoms with van der Waals surface area (Å²) >= 11 is 0. The molecule has 0 aliphatic rings. The van der Waals surface area contributed by atoms with Crippen LogP contribution >= 0.6 is 0 Å². The van der Waals surface area contributed by atoms with Crippen molar-refractivity contribution >= 4 is 34.4 Å². The maximum atomic E-state index is 12.3. The summed E-state index contributed by atoms with van der Waals surface area (Å²) in [6, 6.07) is 5.58. The third-order valence-corrected chi connectivity index (χ3v) is 5.76. The fourth-order valence-corrected chi connectivity index (χ4v) is 3.74. The Kier molecular flexibility index (Phi) is 11.9. The molecule has 0 radical (unpaired) electrons. The van der Waals surface area contributed by atoms with E-state index in [-0.39, 0.29) is 12.5 Å². The van der Waals surface area contributed by atoms with Crippen LogP contribution in [0.1, 0.15) is 45.4 Å². The van der Waals surface area contributed by atoms with E-state index in [0.717, 1.165) is 35.2 Å². The van der Waals surface area contributed by atoms with Crippen LogP contribution in [-0.2, 0) is 14.4 Å². The maximum Gasteiger partial charge on any atom is 0.326 e. The van der Waals surface area contributed by atoms with Gasteiger partial charge in [-0.3, -0.25) is 14.6 Å². The van der Waals surface area contributed by atoms with Gasteiger partial charge in [0.15, 0.2) is 0 Å². The minimum atomic E-state index is -1.34. The number of amides is 2. The van der Waals surface area contributed by atoms with E-state index in [1.165, 1.54) is 0 Å². The molecule has 0 saturated heterocycles. The summed E-state index contributed by atoms with van der Waals surface area (Å²) in [4.78, 5) is 40.4. The number of aromatic nitrogens is 1. The number of unbranched alkanes of at least 4 members (excludes halogenated alkanes) is 1. The Bertz CT molecular complexity index is 1020. The number of carboxylic acids is 1. The first kappa shape index (κ1) is 28.8. The third-order valence-electron chi connectivity index (χ3n) is 5.76. The normalized spacial score (nSPS) is 13.4. The number of hydrogen-bond acceptors (Lipinski definition) is 8. The Balaban J connectivity index is 1.78. The number of carbonyl (C=O) groups is 3. The molecule has 0 aliphatic carbocycles. The summed E-state index contributed by atoms with van der Waals surface area (Å²) in [5.74, 6) is -1.60. The van der Waals surface area contributed by atoms with Crippen LogP contribution in [0.15, 0.2) is 30.5 Å². The first-order valence-corrected chi connectivity index (χ1v) is 12.2. The average Bonchev–Trinajstić information content (AvgIpc) is 2.86. The number of rotatable bonds is 16. The summed E-state index contributed by atoms with van der Waals surface area (Å²) < 4.78 is 5.38. The standard InChI is InChI=1S/C25H38N6O5/c1-16(30-20-14-18(36-2)13-17-8-6-12-29-23(17)20)7-5-11-28-22(32)15-21(25(34)35)31-24(33)19(27)9-3-4-10-26/h6,8,12-14,16,19,21,30H,3-5,7,9-11,15,26-27H2,1-2H3,(H,28,32)(H,31,33)(H,34,35)/t16?,19-,21?/m0/s1. The molecule has 3 atom stereocenters. The van der Waals surface area contributed by atoms with Gasteiger partial charge < -0.3 is 37.3 Å². The number of ether oxygens (including phenoxy) is 1. The van der Waals surface area contributed by atoms with Gasteiger partial charge in [-0.05, 0) is 51.3 Å². The number of carboxylic acid groups (broad SMARTS) is 1. The Morgan fingerprint density at radius 2 is 1.94 bits per heavy atom. The van der Waals surface area contributed by atoms with Gasteiger partial charge in [0, 0.05) is 30.2 Å². The summed E-state index contributed by atoms with van der Waals surface area (Å²) in [7, 11) is 1.62. The van der Waals surface area contributed by atoms with E-state index in [1.54, 1.807) is 13.3 Å². The second-order valence-electron chi connectivity index (χ2n) is 8.78. The minimum absolute atomic E-state index is 0.0889. The quantitative estimate of drug-likeness (QED) is 0.185. The zero-order valence-electron chi connectivity index (χ0n) is 21.0. The molecule has 36 heavy (non-hydrogen) atoms. The van der Waals surface area contributed by atoms with Crippen molar-refractivity contribution < 1.29 is 24.2 Å². The van der Waals surface area contributed by atoms with Crippen LogP contribution in [0.2, 0.25) is 0 Å². The van der Waals surface area contributed by atoms with E-state index in [0.29, 0.717) is 32.4 Å². The molecule has 2 unspecified atom stereocenters. The van der Waals surface area contributed by atoms with E-state index in [4.69, 9.17) is 16.2 Å². The van der Waals surface area contributed by atoms with Crippen molar-refractivity contribution in [1.82, 2.24) is 15.6 Å². The molecule has 0 saturated carbocycles. The van der Waals surface area contributed by atoms with Gasteiger partial charge in [0.05, 0.1) is 30.8 Å². The van der Waals surface area contributed by atoms with Crippen molar-refractivity contribution in [2.24, 2.45) is 11.5 Å². The van der Waals surface area contributed by atoms with Gasteiger partial charge in [0.1, 0.15) is 11.8 Å². The first-order valence-electron chi connectivity index (χ1n) is 12.2. The monoisotopic (exact) mass is 502 g/mol. The van der Waals surface area contributed by atoms with Gasteiger partial charge in [0.2, 0.25) is 11.8 Å². The second kappa shape index (κ2) is 14.8. The molecule has 0 bridgehead atoms. The number of pyridine rings is 1. The van der Waals surface area contributed by atoms with Crippen LogP contribution in [0.25, 0.3) is 10.9 Å². The number of carbonyl (C=O) groups excluding carboxylic acids is 2. The Morgan fingerprint density at radius 1 is 1.17 bits per heavy atom. The lowest BCUT2D eigenvalue weighted by Crippen LogP contribution is -2.50. The van der Waals surface area contributed by atoms with Crippen molar-refractivity contribution in [3.8, 4) is 5.75 Å². The molecule has 198 valence electrons. The lowest BCUT2D eigenvalue weighted by molar-refractivity contribution is -0.143. The second-order valence-corrected chi connectivity index (χ2v) is 8.78. The minimum Gasteiger partial charge on any atom is -0.497 e. The Hall–Kier alpha value is -3.44. The predicted molar refractivity (Wildman–Crippen MR) is 139 cm³/mol. The van der Waals surface area contributed by atoms with Crippen molar-refractivity contribution in [1.29, 1.82) is 0 Å². The molecule has 2 aromatic rings. The molecule has 0 aliphatic heterocycles. The van der Waals surface area contributed by atoms with E-state index in [9.17, 15) is 19.5 Å². The SMILES string of the molecule is COc1cc(NC(C)CCCNC(=O)CC(NC(=O)[C@@H](N)CCCCN)C(=O)O)c2ncccc2c1. The van der Waals surface area contributed by atoms with Gasteiger partial charge in [-0.25, -0.2) is 4.79 Å². The first-order chi connectivity index (χ1) is 17.2. The summed E-state index contributed by atoms with van der Waals surface area (Å²) in [6.07, 6.45) is 4.59. The molecule has 1 aromatic heterocycles. The lowest BCUT2D eigenvalue weighted by atomic mass is 10.1. The highest BCUT2D eigenvalue weighted by molar-refractivity contribution is 5.92. The maximum absolute atomic E-state index is 12.3. The van der Waals surface area contributed by atoms with Crippen molar-refractivity contribution in [3.05, 3.63) is 30.5 Å². The van der Waals surface area contributed by atoms with Crippen LogP contribution < -0.4 is 32.2 Å². The molecule has 1 aromatic carbocycles. The number of hydrogen-bond donors (Lipinski definition) is 6. The van der Waals surface area contributed by atoms with E-state index in [1.807, 2.05) is 31.2 Å². The average molecular weight is 503 g/mol. The fourth-order valence-electron chi connectivity index (χ4n) is 3.74. The van der Waals surface area contributed by atoms with Gasteiger partial charge in [-0.2, -0.15) is 0 Å². The van der Waals surface area contributed by atoms with Gasteiger partial charge in [-0.15, -0.1) is 0 Å². The van der Waals surface area contributed by atoms with E-state index in [2.05, 4.69) is 20.9 Å². The van der Waals surface area contributed by atoms with Gasteiger partial charge in [0.25, 0.3) is 0 Å². The zero-order chi connectivity index (χ0) is 26.5. The molecule has 0 fully saturated rings. The van der Waals surface area contributed by atoms with E-state index < -0.39 is 29.9 Å². The number of benzene rings is 1. The Morgan fingerprint density at radius 3 is 2.64 bits per heavy atom. The van der Waals surface area contributed by atoms with Gasteiger partial charge in [-0.1, -0.05) is 12.5 Å². The molecular formula is C25H38N6O5. The number of nitrogens with zero attached hydrogens (tertiary/aromatic N) is 1. The van der Waals surface area contributed by atoms with Crippen LogP contribution in [0.5, 0.6) is 5.75 Å². The van der Waals surface area contributed by atoms with Crippen molar-refractivity contribution in [2.75, 3.05) is 25.5 Å². The third kappa shape index (κ3) is 9.31. The van der Waals surface area contributed by atoms with Crippen molar-refractivity contribution in [3.63, 3.8) is 0 Å². The smallest absolute Gasteiger partial charge is 0.326 e. The van der Waals surface area contributed by atoms with Crippen LogP contribution in [-0.4, -0.2) is 66.2 Å². The van der Waals surface area contributed by atoms with Crippen LogP contribution in [0, 0.1) is 0 Å². The summed E-state index contributed by atoms with van der Waals surface area (Å²) in [6.45, 7) is 2.90. The molecular weight excluding hydrogens is 464 g/mol. The molecule has 1 heterocycles. The number of nitrogens with one attached hydrogen (secondary N) is 3. The lowest BCUT2D eigenvalue weighted by Gasteiger charge is -2.19. The molecule has 0 spiro atoms. The van der Waals surface area contributed by atoms with Crippen LogP contribution in [0.3, 0.4) is 0 Å². The van der Waals surface area contributed by atoms with E-state index >= 15 is 0 Å². The molecule has 2 amide bonds. The molecule has 8 N–H and O–H groups in total. The summed E-state index contributed by atoms with van der Waals surface area (Å²) in [5.41, 5.74) is 12.9. The summed E-state index contributed by atoms with van der Waals surface area (Å²) in [5, 5.41) is 18.9. The highest BCUT2D eigenvalue weighted by Gasteiger charge is 2.25. The molecule has 11 heteroatoms. The molecule has 2 rings (SSSR count). The Labute approximate surface area is 211 Å². The molecule has 11 nitrogen and oxygen atoms in total. The fraction of sp³-hybridized carbons (Fsp3) is 0.520. The predicted octanol–water partition coefficient (Wildman–Crippen LogP) is 1.36. The topological polar surface area (TPSA) is 182 Å². The largest absolute Gasteiger partial charge is 0.497 e. The van der Waals surface area contributed by atoms with Crippen molar-refractivity contribution in [2.45, 2.75) is 63.6 Å².